The number of rotatable bonds is 40. The highest BCUT2D eigenvalue weighted by Crippen LogP contribution is 2.48. The smallest absolute Gasteiger partial charge is 0.327 e. The number of unbranched alkanes of at least 4 members (excludes halogenated alkanes) is 30. The molecule has 0 aliphatic rings. The van der Waals surface area contributed by atoms with Gasteiger partial charge in [-0.05, 0) is 26.7 Å². The van der Waals surface area contributed by atoms with Crippen LogP contribution in [0.5, 0.6) is 0 Å². The first-order chi connectivity index (χ1) is 23.8. The molecule has 0 spiro atoms. The van der Waals surface area contributed by atoms with Gasteiger partial charge in [-0.25, -0.2) is 0 Å². The fourth-order valence-electron chi connectivity index (χ4n) is 6.92. The monoisotopic (exact) mass is 734 g/mol. The Morgan fingerprint density at radius 1 is 0.449 bits per heavy atom. The van der Waals surface area contributed by atoms with Gasteiger partial charge in [0.15, 0.2) is 0 Å². The summed E-state index contributed by atoms with van der Waals surface area (Å²) in [5, 5.41) is 0. The Bertz CT molecular complexity index is 599. The fourth-order valence-corrected chi connectivity index (χ4v) is 7.92. The van der Waals surface area contributed by atoms with Crippen LogP contribution in [-0.2, 0) is 9.05 Å². The maximum atomic E-state index is 9.71. The lowest BCUT2D eigenvalue weighted by molar-refractivity contribution is 0.0467. The second kappa shape index (κ2) is 37.0. The van der Waals surface area contributed by atoms with Crippen molar-refractivity contribution in [3.05, 3.63) is 20.0 Å². The fraction of sp³-hybridized carbons (Fsp3) is 0.927. The van der Waals surface area contributed by atoms with Crippen LogP contribution in [0.25, 0.3) is 0 Å². The van der Waals surface area contributed by atoms with Crippen LogP contribution < -0.4 is 0 Å². The highest BCUT2D eigenvalue weighted by Gasteiger charge is 2.42. The molecule has 0 saturated carbocycles. The molecule has 0 aliphatic heterocycles. The van der Waals surface area contributed by atoms with Crippen LogP contribution in [0.4, 0.5) is 0 Å². The van der Waals surface area contributed by atoms with E-state index in [4.69, 9.17) is 9.05 Å². The molecule has 293 valence electrons. The first-order valence-corrected chi connectivity index (χ1v) is 23.4. The van der Waals surface area contributed by atoms with Gasteiger partial charge in [-0.15, -0.1) is 0 Å². The third-order valence-corrected chi connectivity index (χ3v) is 11.0. The standard InChI is InChI=1S/C41H83O6P2/c1-5-7-9-11-13-15-17-19-21-23-25-27-29-31-33-35-37-39(46-48(42)43)41(3,4)40(47-49(44)45)38-36-34-32-30-28-26-24-22-20-18-16-14-12-10-8-6-2/h39,42-45H,3-38H2,1-2H3. The molecule has 3 radical (unpaired) electrons. The molecule has 1 atom stereocenters. The van der Waals surface area contributed by atoms with Gasteiger partial charge in [-0.2, -0.15) is 0 Å². The third kappa shape index (κ3) is 33.0. The highest BCUT2D eigenvalue weighted by atomic mass is 31.2. The summed E-state index contributed by atoms with van der Waals surface area (Å²) in [4.78, 5) is 38.8. The summed E-state index contributed by atoms with van der Waals surface area (Å²) in [6.45, 7) is 13.0. The Morgan fingerprint density at radius 3 is 1.02 bits per heavy atom. The Balaban J connectivity index is 4.18. The highest BCUT2D eigenvalue weighted by molar-refractivity contribution is 7.39. The Morgan fingerprint density at radius 2 is 0.735 bits per heavy atom. The van der Waals surface area contributed by atoms with E-state index in [2.05, 4.69) is 27.7 Å². The van der Waals surface area contributed by atoms with E-state index >= 15 is 0 Å². The second-order valence-electron chi connectivity index (χ2n) is 14.9. The first kappa shape index (κ1) is 49.6. The lowest BCUT2D eigenvalue weighted by atomic mass is 9.77. The van der Waals surface area contributed by atoms with E-state index in [1.54, 1.807) is 0 Å². The zero-order chi connectivity index (χ0) is 36.3. The maximum absolute atomic E-state index is 9.71. The molecule has 8 heteroatoms. The molecular formula is C41H83O6P2. The van der Waals surface area contributed by atoms with Gasteiger partial charge in [0.25, 0.3) is 0 Å². The van der Waals surface area contributed by atoms with E-state index in [1.807, 2.05) is 0 Å². The van der Waals surface area contributed by atoms with Gasteiger partial charge < -0.3 is 28.6 Å². The lowest BCUT2D eigenvalue weighted by Crippen LogP contribution is -2.38. The normalized spacial score (nSPS) is 13.0. The summed E-state index contributed by atoms with van der Waals surface area (Å²) in [5.41, 5.74) is -1.16. The maximum Gasteiger partial charge on any atom is 0.327 e. The van der Waals surface area contributed by atoms with Crippen molar-refractivity contribution in [3.63, 3.8) is 0 Å². The summed E-state index contributed by atoms with van der Waals surface area (Å²) in [5.74, 6) is 0. The van der Waals surface area contributed by atoms with Gasteiger partial charge in [-0.3, -0.25) is 0 Å². The molecule has 4 N–H and O–H groups in total. The van der Waals surface area contributed by atoms with Crippen LogP contribution in [0.1, 0.15) is 232 Å². The van der Waals surface area contributed by atoms with Gasteiger partial charge in [-0.1, -0.05) is 219 Å². The average Bonchev–Trinajstić information content (AvgIpc) is 3.06. The molecule has 0 fully saturated rings. The predicted octanol–water partition coefficient (Wildman–Crippen LogP) is 14.3. The Labute approximate surface area is 308 Å². The summed E-state index contributed by atoms with van der Waals surface area (Å²) >= 11 is 0. The molecule has 0 rings (SSSR count). The van der Waals surface area contributed by atoms with Crippen LogP contribution in [0.3, 0.4) is 0 Å². The zero-order valence-electron chi connectivity index (χ0n) is 32.5. The molecule has 0 heterocycles. The van der Waals surface area contributed by atoms with E-state index in [9.17, 15) is 19.6 Å². The van der Waals surface area contributed by atoms with Crippen molar-refractivity contribution in [2.45, 2.75) is 238 Å². The van der Waals surface area contributed by atoms with Crippen LogP contribution >= 0.6 is 17.2 Å². The summed E-state index contributed by atoms with van der Waals surface area (Å²) in [6, 6.07) is 0. The van der Waals surface area contributed by atoms with Crippen molar-refractivity contribution in [2.24, 2.45) is 5.41 Å². The molecular weight excluding hydrogens is 650 g/mol. The Hall–Kier alpha value is 0.620. The third-order valence-electron chi connectivity index (χ3n) is 10.2. The van der Waals surface area contributed by atoms with Gasteiger partial charge in [0.05, 0.1) is 6.10 Å². The molecule has 0 aromatic heterocycles. The average molecular weight is 734 g/mol. The minimum absolute atomic E-state index is 0.382. The van der Waals surface area contributed by atoms with E-state index in [1.165, 1.54) is 167 Å². The quantitative estimate of drug-likeness (QED) is 0.0370. The topological polar surface area (TPSA) is 99.4 Å². The molecule has 0 aromatic rings. The van der Waals surface area contributed by atoms with Crippen LogP contribution in [0.2, 0.25) is 0 Å². The van der Waals surface area contributed by atoms with Crippen LogP contribution in [0.15, 0.2) is 0 Å². The molecule has 0 amide bonds. The SMILES string of the molecule is [CH2]C([CH2])([C](CCCCCCCCCCCCCCCCCC)OP(O)O)C(CCCCCCCCCCCCCCCCCC)OP(O)O. The van der Waals surface area contributed by atoms with Gasteiger partial charge >= 0.3 is 17.2 Å². The molecule has 6 nitrogen and oxygen atoms in total. The zero-order valence-corrected chi connectivity index (χ0v) is 34.3. The van der Waals surface area contributed by atoms with E-state index < -0.39 is 28.7 Å². The number of hydrogen-bond acceptors (Lipinski definition) is 6. The molecule has 1 unspecified atom stereocenters. The molecule has 0 saturated heterocycles. The lowest BCUT2D eigenvalue weighted by Gasteiger charge is -2.39. The van der Waals surface area contributed by atoms with Crippen LogP contribution in [0, 0.1) is 25.4 Å². The van der Waals surface area contributed by atoms with Crippen molar-refractivity contribution in [2.75, 3.05) is 0 Å². The molecule has 0 aromatic carbocycles. The van der Waals surface area contributed by atoms with Crippen molar-refractivity contribution >= 4 is 17.2 Å². The summed E-state index contributed by atoms with van der Waals surface area (Å²) in [6.07, 6.45) is 42.0. The van der Waals surface area contributed by atoms with Gasteiger partial charge in [0, 0.05) is 5.41 Å². The number of hydrogen-bond donors (Lipinski definition) is 4. The largest absolute Gasteiger partial charge is 0.328 e. The van der Waals surface area contributed by atoms with E-state index in [0.717, 1.165) is 38.5 Å². The van der Waals surface area contributed by atoms with Crippen LogP contribution in [-0.4, -0.2) is 25.7 Å². The second-order valence-corrected chi connectivity index (χ2v) is 16.3. The minimum atomic E-state index is -2.62. The van der Waals surface area contributed by atoms with Crippen molar-refractivity contribution in [3.8, 4) is 0 Å². The van der Waals surface area contributed by atoms with Gasteiger partial charge in [0.1, 0.15) is 6.10 Å². The van der Waals surface area contributed by atoms with Crippen molar-refractivity contribution in [1.29, 1.82) is 0 Å². The Kier molecular flexibility index (Phi) is 37.4. The molecule has 0 bridgehead atoms. The van der Waals surface area contributed by atoms with Crippen molar-refractivity contribution < 1.29 is 28.6 Å². The van der Waals surface area contributed by atoms with E-state index in [0.29, 0.717) is 18.9 Å². The first-order valence-electron chi connectivity index (χ1n) is 21.0. The van der Waals surface area contributed by atoms with E-state index in [-0.39, 0.29) is 0 Å². The van der Waals surface area contributed by atoms with Crippen molar-refractivity contribution in [1.82, 2.24) is 0 Å². The minimum Gasteiger partial charge on any atom is -0.328 e. The molecule has 0 aliphatic carbocycles. The summed E-state index contributed by atoms with van der Waals surface area (Å²) < 4.78 is 11.0. The summed E-state index contributed by atoms with van der Waals surface area (Å²) in [7, 11) is -5.22. The molecule has 49 heavy (non-hydrogen) atoms. The predicted molar refractivity (Wildman–Crippen MR) is 213 cm³/mol. The van der Waals surface area contributed by atoms with Gasteiger partial charge in [0.2, 0.25) is 0 Å².